The number of nitrogen functional groups attached to an aromatic ring is 1. The third kappa shape index (κ3) is 7.08. The Labute approximate surface area is 223 Å². The van der Waals surface area contributed by atoms with Crippen molar-refractivity contribution in [2.75, 3.05) is 5.73 Å². The quantitative estimate of drug-likeness (QED) is 0.156. The summed E-state index contributed by atoms with van der Waals surface area (Å²) < 4.78 is 33.4. The van der Waals surface area contributed by atoms with Crippen LogP contribution in [0, 0.1) is 0 Å². The first kappa shape index (κ1) is 28.6. The van der Waals surface area contributed by atoms with Gasteiger partial charge in [-0.25, -0.2) is 4.68 Å². The van der Waals surface area contributed by atoms with Crippen LogP contribution in [0.25, 0.3) is 5.69 Å². The molecule has 0 fully saturated rings. The molecule has 3 aromatic carbocycles. The number of hydrogen-bond donors (Lipinski definition) is 3. The molecule has 200 valence electrons. The van der Waals surface area contributed by atoms with Crippen molar-refractivity contribution < 1.29 is 13.0 Å². The number of nitrogens with zero attached hydrogens (tertiary/aromatic N) is 2. The lowest BCUT2D eigenvalue weighted by Crippen LogP contribution is -2.17. The van der Waals surface area contributed by atoms with Crippen LogP contribution >= 0.6 is 0 Å². The first-order valence-electron chi connectivity index (χ1n) is 12.6. The van der Waals surface area contributed by atoms with Gasteiger partial charge in [0.1, 0.15) is 0 Å². The molecule has 38 heavy (non-hydrogen) atoms. The van der Waals surface area contributed by atoms with Crippen LogP contribution in [-0.4, -0.2) is 29.0 Å². The van der Waals surface area contributed by atoms with Crippen LogP contribution in [0.1, 0.15) is 49.6 Å². The normalized spacial score (nSPS) is 11.4. The van der Waals surface area contributed by atoms with Gasteiger partial charge >= 0.3 is 0 Å². The zero-order chi connectivity index (χ0) is 27.7. The number of aryl methyl sites for hydroxylation is 3. The van der Waals surface area contributed by atoms with Crippen molar-refractivity contribution in [2.24, 2.45) is 4.99 Å². The zero-order valence-electron chi connectivity index (χ0n) is 21.9. The van der Waals surface area contributed by atoms with Crippen molar-refractivity contribution in [1.29, 1.82) is 0 Å². The minimum absolute atomic E-state index is 0.277. The Hall–Kier alpha value is -3.95. The van der Waals surface area contributed by atoms with E-state index in [9.17, 15) is 17.8 Å². The van der Waals surface area contributed by atoms with E-state index < -0.39 is 10.1 Å². The summed E-state index contributed by atoms with van der Waals surface area (Å²) in [5, 5.41) is 3.05. The molecule has 0 saturated heterocycles. The predicted molar refractivity (Wildman–Crippen MR) is 154 cm³/mol. The highest BCUT2D eigenvalue weighted by Gasteiger charge is 2.16. The van der Waals surface area contributed by atoms with Crippen LogP contribution in [0.3, 0.4) is 0 Å². The molecule has 4 rings (SSSR count). The number of rotatable bonds is 8. The Balaban J connectivity index is 0.000000375. The van der Waals surface area contributed by atoms with E-state index in [2.05, 4.69) is 23.1 Å². The molecule has 0 atom stereocenters. The van der Waals surface area contributed by atoms with Crippen LogP contribution in [-0.2, 0) is 29.4 Å². The highest BCUT2D eigenvalue weighted by molar-refractivity contribution is 7.85. The predicted octanol–water partition coefficient (Wildman–Crippen LogP) is 5.51. The summed E-state index contributed by atoms with van der Waals surface area (Å²) in [5.74, 6) is 0. The number of hydrogen-bond acceptors (Lipinski definition) is 5. The van der Waals surface area contributed by atoms with Crippen LogP contribution < -0.4 is 11.3 Å². The average Bonchev–Trinajstić information content (AvgIpc) is 3.22. The molecule has 9 heteroatoms. The van der Waals surface area contributed by atoms with E-state index >= 15 is 0 Å². The van der Waals surface area contributed by atoms with Gasteiger partial charge in [-0.05, 0) is 60.7 Å². The van der Waals surface area contributed by atoms with E-state index in [1.165, 1.54) is 28.4 Å². The Morgan fingerprint density at radius 2 is 1.61 bits per heavy atom. The fourth-order valence-corrected chi connectivity index (χ4v) is 4.48. The highest BCUT2D eigenvalue weighted by Crippen LogP contribution is 2.20. The first-order valence-corrected chi connectivity index (χ1v) is 14.0. The monoisotopic (exact) mass is 534 g/mol. The van der Waals surface area contributed by atoms with Crippen LogP contribution in [0.15, 0.2) is 87.5 Å². The van der Waals surface area contributed by atoms with Crippen LogP contribution in [0.2, 0.25) is 0 Å². The maximum absolute atomic E-state index is 13.0. The van der Waals surface area contributed by atoms with Gasteiger partial charge in [0.2, 0.25) is 0 Å². The van der Waals surface area contributed by atoms with Gasteiger partial charge in [-0.15, -0.1) is 0 Å². The van der Waals surface area contributed by atoms with E-state index in [1.54, 1.807) is 12.3 Å². The maximum atomic E-state index is 13.0. The molecule has 4 aromatic rings. The molecule has 1 aromatic heterocycles. The number of nitrogens with two attached hydrogens (primary N) is 1. The number of aromatic amines is 1. The van der Waals surface area contributed by atoms with Gasteiger partial charge in [-0.2, -0.15) is 8.42 Å². The summed E-state index contributed by atoms with van der Waals surface area (Å²) in [5.41, 5.74) is 10.8. The maximum Gasteiger partial charge on any atom is 0.294 e. The van der Waals surface area contributed by atoms with Crippen molar-refractivity contribution >= 4 is 27.7 Å². The zero-order valence-corrected chi connectivity index (χ0v) is 22.7. The highest BCUT2D eigenvalue weighted by atomic mass is 32.2. The summed E-state index contributed by atoms with van der Waals surface area (Å²) in [7, 11) is -4.37. The van der Waals surface area contributed by atoms with Crippen molar-refractivity contribution in [1.82, 2.24) is 9.78 Å². The van der Waals surface area contributed by atoms with E-state index in [1.807, 2.05) is 56.3 Å². The summed E-state index contributed by atoms with van der Waals surface area (Å²) in [6.45, 7) is 6.15. The number of nitrogens with one attached hydrogen (secondary N) is 1. The molecule has 0 aliphatic heterocycles. The van der Waals surface area contributed by atoms with Gasteiger partial charge in [0.05, 0.1) is 21.8 Å². The lowest BCUT2D eigenvalue weighted by Gasteiger charge is -2.03. The Kier molecular flexibility index (Phi) is 9.81. The smallest absolute Gasteiger partial charge is 0.294 e. The molecule has 1 heterocycles. The van der Waals surface area contributed by atoms with Gasteiger partial charge in [-0.1, -0.05) is 69.7 Å². The number of para-hydroxylation sites is 2. The molecule has 8 nitrogen and oxygen atoms in total. The Morgan fingerprint density at radius 1 is 0.947 bits per heavy atom. The van der Waals surface area contributed by atoms with E-state index in [0.717, 1.165) is 36.2 Å². The molecule has 4 N–H and O–H groups in total. The SMILES string of the molecule is CCCc1[nH]n(-c2cccc(S(=O)(=O)O)c2)c(=O)c1C=Nc1ccccc1CC.CCc1ccccc1N. The van der Waals surface area contributed by atoms with Gasteiger partial charge in [-0.3, -0.25) is 19.4 Å². The Morgan fingerprint density at radius 3 is 2.21 bits per heavy atom. The standard InChI is InChI=1S/C21H23N3O4S.C8H11N/c1-3-8-20-18(14-22-19-12-6-5-9-15(19)4-2)21(25)24(23-20)16-10-7-11-17(13-16)29(26,27)28;1-2-7-5-3-4-6-8(7)9/h5-7,9-14,23H,3-4,8H2,1-2H3,(H,26,27,28);3-6H,2,9H2,1H3. The largest absolute Gasteiger partial charge is 0.399 e. The molecule has 0 aliphatic carbocycles. The molecule has 0 amide bonds. The lowest BCUT2D eigenvalue weighted by atomic mass is 10.1. The third-order valence-corrected chi connectivity index (χ3v) is 6.87. The molecule has 0 radical (unpaired) electrons. The first-order chi connectivity index (χ1) is 18.2. The molecule has 0 unspecified atom stereocenters. The second-order valence-corrected chi connectivity index (χ2v) is 10.1. The number of aliphatic imine (C=N–C) groups is 1. The molecule has 0 saturated carbocycles. The second kappa shape index (κ2) is 13.0. The van der Waals surface area contributed by atoms with Gasteiger partial charge < -0.3 is 5.73 Å². The minimum Gasteiger partial charge on any atom is -0.399 e. The summed E-state index contributed by atoms with van der Waals surface area (Å²) >= 11 is 0. The summed E-state index contributed by atoms with van der Waals surface area (Å²) in [4.78, 5) is 17.3. The van der Waals surface area contributed by atoms with Crippen molar-refractivity contribution in [3.63, 3.8) is 0 Å². The van der Waals surface area contributed by atoms with Crippen molar-refractivity contribution in [3.05, 3.63) is 106 Å². The average molecular weight is 535 g/mol. The summed E-state index contributed by atoms with van der Waals surface area (Å²) in [6, 6.07) is 21.3. The Bertz CT molecular complexity index is 1570. The van der Waals surface area contributed by atoms with E-state index in [-0.39, 0.29) is 10.5 Å². The minimum atomic E-state index is -4.37. The topological polar surface area (TPSA) is 131 Å². The van der Waals surface area contributed by atoms with Gasteiger partial charge in [0, 0.05) is 17.6 Å². The number of anilines is 1. The number of benzene rings is 3. The molecule has 0 spiro atoms. The molecule has 0 bridgehead atoms. The summed E-state index contributed by atoms with van der Waals surface area (Å²) in [6.07, 6.45) is 4.86. The lowest BCUT2D eigenvalue weighted by molar-refractivity contribution is 0.483. The van der Waals surface area contributed by atoms with Crippen molar-refractivity contribution in [2.45, 2.75) is 51.3 Å². The van der Waals surface area contributed by atoms with E-state index in [4.69, 9.17) is 5.73 Å². The number of H-pyrrole nitrogens is 1. The van der Waals surface area contributed by atoms with Crippen LogP contribution in [0.5, 0.6) is 0 Å². The van der Waals surface area contributed by atoms with Crippen LogP contribution in [0.4, 0.5) is 11.4 Å². The molecular weight excluding hydrogens is 500 g/mol. The second-order valence-electron chi connectivity index (χ2n) is 8.66. The third-order valence-electron chi connectivity index (χ3n) is 6.02. The fraction of sp³-hybridized carbons (Fsp3) is 0.241. The van der Waals surface area contributed by atoms with Gasteiger partial charge in [0.25, 0.3) is 15.7 Å². The van der Waals surface area contributed by atoms with Gasteiger partial charge in [0.15, 0.2) is 0 Å². The van der Waals surface area contributed by atoms with E-state index in [0.29, 0.717) is 23.4 Å². The van der Waals surface area contributed by atoms with Crippen molar-refractivity contribution in [3.8, 4) is 5.69 Å². The fourth-order valence-electron chi connectivity index (χ4n) is 3.96. The molecular formula is C29H34N4O4S. The molecule has 0 aliphatic rings. The number of aromatic nitrogens is 2.